The summed E-state index contributed by atoms with van der Waals surface area (Å²) in [4.78, 5) is 18.7. The number of hydrogen-bond donors (Lipinski definition) is 0. The molecule has 0 aliphatic carbocycles. The smallest absolute Gasteiger partial charge is 0.278 e. The van der Waals surface area contributed by atoms with Gasteiger partial charge in [0.1, 0.15) is 0 Å². The molecule has 8 heavy (non-hydrogen) atoms. The molecule has 0 aromatic carbocycles. The monoisotopic (exact) mass is 116 g/mol. The molecule has 1 radical (unpaired) electrons. The van der Waals surface area contributed by atoms with E-state index in [4.69, 9.17) is 0 Å². The first-order valence-electron chi connectivity index (χ1n) is 2.23. The maximum absolute atomic E-state index is 9.70. The fraction of sp³-hybridized carbons (Fsp3) is 0.750. The van der Waals surface area contributed by atoms with Gasteiger partial charge in [0, 0.05) is 11.3 Å². The Bertz CT molecular complexity index is 101. The second-order valence-electron chi connectivity index (χ2n) is 1.33. The first kappa shape index (κ1) is 7.07. The predicted molar refractivity (Wildman–Crippen MR) is 26.8 cm³/mol. The van der Waals surface area contributed by atoms with Crippen LogP contribution in [0.2, 0.25) is 0 Å². The van der Waals surface area contributed by atoms with Gasteiger partial charge in [0.2, 0.25) is 0 Å². The molecule has 0 amide bonds. The van der Waals surface area contributed by atoms with Crippen molar-refractivity contribution in [2.24, 2.45) is 0 Å². The molecule has 0 heterocycles. The first-order chi connectivity index (χ1) is 3.72. The zero-order valence-corrected chi connectivity index (χ0v) is 4.46. The molecule has 0 fully saturated rings. The van der Waals surface area contributed by atoms with Gasteiger partial charge in [0.05, 0.1) is 0 Å². The SMILES string of the molecule is CCC([C]=O)[N+](=O)[O-]. The molecule has 4 nitrogen and oxygen atoms in total. The van der Waals surface area contributed by atoms with Gasteiger partial charge in [-0.15, -0.1) is 0 Å². The molecule has 1 atom stereocenters. The summed E-state index contributed by atoms with van der Waals surface area (Å²) in [5, 5.41) is 9.70. The molecule has 4 heteroatoms. The first-order valence-corrected chi connectivity index (χ1v) is 2.23. The highest BCUT2D eigenvalue weighted by Gasteiger charge is 2.15. The third-order valence-corrected chi connectivity index (χ3v) is 0.777. The van der Waals surface area contributed by atoms with Crippen LogP contribution in [0.5, 0.6) is 0 Å². The molecular weight excluding hydrogens is 110 g/mol. The van der Waals surface area contributed by atoms with Gasteiger partial charge in [-0.05, 0) is 0 Å². The van der Waals surface area contributed by atoms with Gasteiger partial charge in [-0.3, -0.25) is 14.9 Å². The van der Waals surface area contributed by atoms with Gasteiger partial charge >= 0.3 is 0 Å². The van der Waals surface area contributed by atoms with Gasteiger partial charge in [-0.25, -0.2) is 0 Å². The molecule has 0 aromatic heterocycles. The predicted octanol–water partition coefficient (Wildman–Crippen LogP) is 0.151. The van der Waals surface area contributed by atoms with Crippen LogP contribution in [0.4, 0.5) is 0 Å². The van der Waals surface area contributed by atoms with E-state index in [-0.39, 0.29) is 6.42 Å². The Balaban J connectivity index is 3.69. The normalized spacial score (nSPS) is 12.6. The quantitative estimate of drug-likeness (QED) is 0.389. The van der Waals surface area contributed by atoms with Crippen molar-refractivity contribution < 1.29 is 9.72 Å². The highest BCUT2D eigenvalue weighted by Crippen LogP contribution is 1.89. The Hall–Kier alpha value is -0.930. The molecule has 0 spiro atoms. The van der Waals surface area contributed by atoms with Gasteiger partial charge < -0.3 is 0 Å². The van der Waals surface area contributed by atoms with Crippen LogP contribution in [0.25, 0.3) is 0 Å². The fourth-order valence-electron chi connectivity index (χ4n) is 0.275. The average Bonchev–Trinajstić information content (AvgIpc) is 1.69. The van der Waals surface area contributed by atoms with E-state index in [1.807, 2.05) is 0 Å². The molecule has 0 saturated carbocycles. The highest BCUT2D eigenvalue weighted by molar-refractivity contribution is 5.56. The van der Waals surface area contributed by atoms with E-state index in [0.717, 1.165) is 0 Å². The van der Waals surface area contributed by atoms with Crippen LogP contribution in [0.1, 0.15) is 13.3 Å². The van der Waals surface area contributed by atoms with Crippen molar-refractivity contribution in [3.63, 3.8) is 0 Å². The standard InChI is InChI=1S/C4H6NO3/c1-2-4(3-6)5(7)8/h4H,2H2,1H3. The zero-order chi connectivity index (χ0) is 6.57. The lowest BCUT2D eigenvalue weighted by Crippen LogP contribution is -2.18. The van der Waals surface area contributed by atoms with Crippen molar-refractivity contribution in [1.82, 2.24) is 0 Å². The summed E-state index contributed by atoms with van der Waals surface area (Å²) < 4.78 is 0. The molecule has 0 aromatic rings. The minimum absolute atomic E-state index is 0.219. The minimum atomic E-state index is -1.13. The minimum Gasteiger partial charge on any atom is -0.283 e. The van der Waals surface area contributed by atoms with E-state index in [1.165, 1.54) is 6.29 Å². The van der Waals surface area contributed by atoms with Crippen molar-refractivity contribution >= 4 is 6.29 Å². The number of nitrogens with zero attached hydrogens (tertiary/aromatic N) is 1. The molecule has 0 aliphatic heterocycles. The molecule has 0 rings (SSSR count). The number of carbonyl (C=O) groups excluding carboxylic acids is 1. The van der Waals surface area contributed by atoms with Crippen LogP contribution in [0, 0.1) is 10.1 Å². The van der Waals surface area contributed by atoms with E-state index < -0.39 is 11.0 Å². The maximum Gasteiger partial charge on any atom is 0.278 e. The lowest BCUT2D eigenvalue weighted by atomic mass is 10.3. The summed E-state index contributed by atoms with van der Waals surface area (Å²) in [6, 6.07) is -1.13. The average molecular weight is 116 g/mol. The van der Waals surface area contributed by atoms with E-state index in [1.54, 1.807) is 6.92 Å². The number of rotatable bonds is 3. The second-order valence-corrected chi connectivity index (χ2v) is 1.33. The summed E-state index contributed by atoms with van der Waals surface area (Å²) >= 11 is 0. The third kappa shape index (κ3) is 1.68. The largest absolute Gasteiger partial charge is 0.283 e. The molecule has 0 aliphatic rings. The molecule has 1 unspecified atom stereocenters. The van der Waals surface area contributed by atoms with Crippen molar-refractivity contribution in [2.45, 2.75) is 19.4 Å². The fourth-order valence-corrected chi connectivity index (χ4v) is 0.275. The zero-order valence-electron chi connectivity index (χ0n) is 4.46. The highest BCUT2D eigenvalue weighted by atomic mass is 16.6. The number of hydrogen-bond acceptors (Lipinski definition) is 3. The lowest BCUT2D eigenvalue weighted by molar-refractivity contribution is -0.502. The van der Waals surface area contributed by atoms with Gasteiger partial charge in [0.25, 0.3) is 12.3 Å². The molecule has 45 valence electrons. The van der Waals surface area contributed by atoms with Crippen LogP contribution >= 0.6 is 0 Å². The Morgan fingerprint density at radius 1 is 1.88 bits per heavy atom. The molecular formula is C4H6NO3. The summed E-state index contributed by atoms with van der Waals surface area (Å²) in [6.45, 7) is 1.57. The summed E-state index contributed by atoms with van der Waals surface area (Å²) in [5.41, 5.74) is 0. The Morgan fingerprint density at radius 3 is 2.38 bits per heavy atom. The lowest BCUT2D eigenvalue weighted by Gasteiger charge is -1.92. The van der Waals surface area contributed by atoms with Gasteiger partial charge in [-0.1, -0.05) is 6.92 Å². The molecule has 0 saturated heterocycles. The Kier molecular flexibility index (Phi) is 2.76. The van der Waals surface area contributed by atoms with Crippen molar-refractivity contribution in [1.29, 1.82) is 0 Å². The van der Waals surface area contributed by atoms with E-state index >= 15 is 0 Å². The van der Waals surface area contributed by atoms with Crippen LogP contribution < -0.4 is 0 Å². The van der Waals surface area contributed by atoms with E-state index in [9.17, 15) is 14.9 Å². The second kappa shape index (κ2) is 3.12. The van der Waals surface area contributed by atoms with Gasteiger partial charge in [-0.2, -0.15) is 0 Å². The topological polar surface area (TPSA) is 60.2 Å². The Morgan fingerprint density at radius 2 is 2.38 bits per heavy atom. The van der Waals surface area contributed by atoms with Crippen LogP contribution in [0.15, 0.2) is 0 Å². The van der Waals surface area contributed by atoms with Crippen LogP contribution in [-0.4, -0.2) is 17.3 Å². The summed E-state index contributed by atoms with van der Waals surface area (Å²) in [5.74, 6) is 0. The van der Waals surface area contributed by atoms with Crippen LogP contribution in [0.3, 0.4) is 0 Å². The summed E-state index contributed by atoms with van der Waals surface area (Å²) in [6.07, 6.45) is 1.52. The third-order valence-electron chi connectivity index (χ3n) is 0.777. The van der Waals surface area contributed by atoms with Crippen molar-refractivity contribution in [3.8, 4) is 0 Å². The molecule has 0 bridgehead atoms. The van der Waals surface area contributed by atoms with E-state index in [2.05, 4.69) is 0 Å². The van der Waals surface area contributed by atoms with E-state index in [0.29, 0.717) is 0 Å². The maximum atomic E-state index is 9.70. The van der Waals surface area contributed by atoms with Crippen molar-refractivity contribution in [3.05, 3.63) is 10.1 Å². The van der Waals surface area contributed by atoms with Crippen LogP contribution in [-0.2, 0) is 4.79 Å². The number of nitro groups is 1. The van der Waals surface area contributed by atoms with Crippen molar-refractivity contribution in [2.75, 3.05) is 0 Å². The molecule has 0 N–H and O–H groups in total. The summed E-state index contributed by atoms with van der Waals surface area (Å²) in [7, 11) is 0. The Labute approximate surface area is 46.6 Å². The van der Waals surface area contributed by atoms with Gasteiger partial charge in [0.15, 0.2) is 0 Å².